The fourth-order valence-electron chi connectivity index (χ4n) is 1.61. The fraction of sp³-hybridized carbons (Fsp3) is 0.133. The van der Waals surface area contributed by atoms with E-state index in [1.54, 1.807) is 17.8 Å². The third-order valence-electron chi connectivity index (χ3n) is 2.60. The molecule has 20 heavy (non-hydrogen) atoms. The van der Waals surface area contributed by atoms with Gasteiger partial charge in [0.05, 0.1) is 6.61 Å². The Bertz CT molecular complexity index is 590. The molecule has 0 saturated carbocycles. The first-order chi connectivity index (χ1) is 9.66. The number of nitrogens with two attached hydrogens (primary N) is 1. The Balaban J connectivity index is 1.84. The smallest absolute Gasteiger partial charge is 0.165 e. The van der Waals surface area contributed by atoms with Gasteiger partial charge in [-0.1, -0.05) is 18.2 Å². The molecule has 0 fully saturated rings. The molecule has 3 N–H and O–H groups in total. The predicted octanol–water partition coefficient (Wildman–Crippen LogP) is 3.28. The van der Waals surface area contributed by atoms with Crippen LogP contribution in [-0.2, 0) is 0 Å². The lowest BCUT2D eigenvalue weighted by molar-refractivity contribution is 0.325. The van der Waals surface area contributed by atoms with Gasteiger partial charge in [-0.05, 0) is 30.3 Å². The molecule has 2 aromatic rings. The van der Waals surface area contributed by atoms with Crippen molar-refractivity contribution >= 4 is 17.6 Å². The van der Waals surface area contributed by atoms with Gasteiger partial charge in [0, 0.05) is 16.2 Å². The van der Waals surface area contributed by atoms with Crippen LogP contribution in [0.25, 0.3) is 0 Å². The van der Waals surface area contributed by atoms with Gasteiger partial charge < -0.3 is 10.5 Å². The highest BCUT2D eigenvalue weighted by atomic mass is 32.2. The van der Waals surface area contributed by atoms with Crippen LogP contribution in [0.4, 0.5) is 4.39 Å². The molecule has 0 bridgehead atoms. The highest BCUT2D eigenvalue weighted by molar-refractivity contribution is 7.99. The van der Waals surface area contributed by atoms with Crippen LogP contribution in [0.3, 0.4) is 0 Å². The van der Waals surface area contributed by atoms with Crippen LogP contribution in [0.2, 0.25) is 0 Å². The Morgan fingerprint density at radius 3 is 2.60 bits per heavy atom. The normalized spacial score (nSPS) is 10.2. The summed E-state index contributed by atoms with van der Waals surface area (Å²) in [5.74, 6) is 0.263. The summed E-state index contributed by atoms with van der Waals surface area (Å²) < 4.78 is 19.1. The molecular formula is C15H15FN2OS. The summed E-state index contributed by atoms with van der Waals surface area (Å²) in [5, 5.41) is 7.23. The summed E-state index contributed by atoms with van der Waals surface area (Å²) in [6.07, 6.45) is 0. The Labute approximate surface area is 121 Å². The summed E-state index contributed by atoms with van der Waals surface area (Å²) in [4.78, 5) is 1.16. The zero-order valence-corrected chi connectivity index (χ0v) is 11.6. The first-order valence-electron chi connectivity index (χ1n) is 6.11. The number of rotatable bonds is 6. The van der Waals surface area contributed by atoms with E-state index in [2.05, 4.69) is 0 Å². The van der Waals surface area contributed by atoms with Crippen molar-refractivity contribution in [2.75, 3.05) is 12.4 Å². The van der Waals surface area contributed by atoms with Crippen LogP contribution in [0.5, 0.6) is 5.75 Å². The highest BCUT2D eigenvalue weighted by Gasteiger charge is 2.06. The summed E-state index contributed by atoms with van der Waals surface area (Å²) >= 11 is 1.65. The minimum Gasteiger partial charge on any atom is -0.490 e. The molecule has 104 valence electrons. The molecular weight excluding hydrogens is 275 g/mol. The van der Waals surface area contributed by atoms with Crippen LogP contribution in [0.1, 0.15) is 5.56 Å². The number of nitrogens with one attached hydrogen (secondary N) is 1. The molecule has 3 nitrogen and oxygen atoms in total. The van der Waals surface area contributed by atoms with Crippen molar-refractivity contribution in [1.82, 2.24) is 0 Å². The fourth-order valence-corrected chi connectivity index (χ4v) is 2.37. The second kappa shape index (κ2) is 6.96. The van der Waals surface area contributed by atoms with E-state index in [0.29, 0.717) is 12.2 Å². The van der Waals surface area contributed by atoms with E-state index in [9.17, 15) is 4.39 Å². The van der Waals surface area contributed by atoms with Gasteiger partial charge in [-0.25, -0.2) is 4.39 Å². The SMILES string of the molecule is N=C(N)c1ccc(OCCSc2ccccc2)c(F)c1. The average molecular weight is 290 g/mol. The molecule has 0 aromatic heterocycles. The van der Waals surface area contributed by atoms with Gasteiger partial charge >= 0.3 is 0 Å². The topological polar surface area (TPSA) is 59.1 Å². The molecule has 0 heterocycles. The van der Waals surface area contributed by atoms with Gasteiger partial charge in [-0.3, -0.25) is 5.41 Å². The lowest BCUT2D eigenvalue weighted by atomic mass is 10.2. The molecule has 5 heteroatoms. The summed E-state index contributed by atoms with van der Waals surface area (Å²) in [7, 11) is 0. The van der Waals surface area contributed by atoms with E-state index in [4.69, 9.17) is 15.9 Å². The molecule has 0 aliphatic heterocycles. The molecule has 0 spiro atoms. The van der Waals surface area contributed by atoms with Crippen molar-refractivity contribution in [2.45, 2.75) is 4.90 Å². The first-order valence-corrected chi connectivity index (χ1v) is 7.10. The first kappa shape index (κ1) is 14.4. The lowest BCUT2D eigenvalue weighted by Crippen LogP contribution is -2.11. The Hall–Kier alpha value is -2.01. The van der Waals surface area contributed by atoms with E-state index < -0.39 is 5.82 Å². The summed E-state index contributed by atoms with van der Waals surface area (Å²) in [6.45, 7) is 0.413. The number of ether oxygens (including phenoxy) is 1. The van der Waals surface area contributed by atoms with Gasteiger partial charge in [0.1, 0.15) is 5.84 Å². The molecule has 2 rings (SSSR count). The van der Waals surface area contributed by atoms with Crippen LogP contribution in [0, 0.1) is 11.2 Å². The van der Waals surface area contributed by atoms with Crippen molar-refractivity contribution in [3.8, 4) is 5.75 Å². The number of benzene rings is 2. The quantitative estimate of drug-likeness (QED) is 0.371. The summed E-state index contributed by atoms with van der Waals surface area (Å²) in [6, 6.07) is 14.2. The molecule has 0 aliphatic rings. The third-order valence-corrected chi connectivity index (χ3v) is 3.57. The number of amidine groups is 1. The van der Waals surface area contributed by atoms with Crippen molar-refractivity contribution < 1.29 is 9.13 Å². The second-order valence-electron chi connectivity index (χ2n) is 4.07. The van der Waals surface area contributed by atoms with Gasteiger partial charge in [-0.2, -0.15) is 0 Å². The van der Waals surface area contributed by atoms with Gasteiger partial charge in [0.25, 0.3) is 0 Å². The largest absolute Gasteiger partial charge is 0.490 e. The monoisotopic (exact) mass is 290 g/mol. The molecule has 0 unspecified atom stereocenters. The maximum atomic E-state index is 13.7. The van der Waals surface area contributed by atoms with Gasteiger partial charge in [0.15, 0.2) is 11.6 Å². The molecule has 0 radical (unpaired) electrons. The molecule has 0 amide bonds. The molecule has 0 atom stereocenters. The van der Waals surface area contributed by atoms with E-state index in [0.717, 1.165) is 10.6 Å². The Morgan fingerprint density at radius 2 is 1.95 bits per heavy atom. The lowest BCUT2D eigenvalue weighted by Gasteiger charge is -2.08. The van der Waals surface area contributed by atoms with Crippen molar-refractivity contribution in [3.05, 3.63) is 59.9 Å². The molecule has 0 saturated heterocycles. The Kier molecular flexibility index (Phi) is 5.01. The maximum absolute atomic E-state index is 13.7. The minimum absolute atomic E-state index is 0.157. The van der Waals surface area contributed by atoms with E-state index in [-0.39, 0.29) is 11.6 Å². The van der Waals surface area contributed by atoms with Crippen LogP contribution in [-0.4, -0.2) is 18.2 Å². The van der Waals surface area contributed by atoms with Crippen molar-refractivity contribution in [2.24, 2.45) is 5.73 Å². The van der Waals surface area contributed by atoms with E-state index in [1.165, 1.54) is 12.1 Å². The second-order valence-corrected chi connectivity index (χ2v) is 5.24. The average Bonchev–Trinajstić information content (AvgIpc) is 2.46. The number of thioether (sulfide) groups is 1. The highest BCUT2D eigenvalue weighted by Crippen LogP contribution is 2.20. The standard InChI is InChI=1S/C15H15FN2OS/c16-13-10-11(15(17)18)6-7-14(13)19-8-9-20-12-4-2-1-3-5-12/h1-7,10H,8-9H2,(H3,17,18). The predicted molar refractivity (Wildman–Crippen MR) is 80.1 cm³/mol. The number of nitrogen functional groups attached to an aromatic ring is 1. The zero-order chi connectivity index (χ0) is 14.4. The number of hydrogen-bond donors (Lipinski definition) is 2. The summed E-state index contributed by atoms with van der Waals surface area (Å²) in [5.41, 5.74) is 5.65. The number of hydrogen-bond acceptors (Lipinski definition) is 3. The Morgan fingerprint density at radius 1 is 1.20 bits per heavy atom. The van der Waals surface area contributed by atoms with Crippen molar-refractivity contribution in [3.63, 3.8) is 0 Å². The van der Waals surface area contributed by atoms with Gasteiger partial charge in [0.2, 0.25) is 0 Å². The minimum atomic E-state index is -0.498. The van der Waals surface area contributed by atoms with E-state index >= 15 is 0 Å². The van der Waals surface area contributed by atoms with E-state index in [1.807, 2.05) is 30.3 Å². The molecule has 2 aromatic carbocycles. The van der Waals surface area contributed by atoms with Crippen LogP contribution < -0.4 is 10.5 Å². The van der Waals surface area contributed by atoms with Crippen LogP contribution >= 0.6 is 11.8 Å². The maximum Gasteiger partial charge on any atom is 0.165 e. The third kappa shape index (κ3) is 3.99. The van der Waals surface area contributed by atoms with Gasteiger partial charge in [-0.15, -0.1) is 11.8 Å². The number of halogens is 1. The van der Waals surface area contributed by atoms with Crippen LogP contribution in [0.15, 0.2) is 53.4 Å². The van der Waals surface area contributed by atoms with Crippen molar-refractivity contribution in [1.29, 1.82) is 5.41 Å². The zero-order valence-electron chi connectivity index (χ0n) is 10.8. The molecule has 0 aliphatic carbocycles.